The summed E-state index contributed by atoms with van der Waals surface area (Å²) in [6.07, 6.45) is 4.73. The fourth-order valence-corrected chi connectivity index (χ4v) is 2.47. The second-order valence-corrected chi connectivity index (χ2v) is 6.01. The second-order valence-electron chi connectivity index (χ2n) is 6.01. The molecule has 0 amide bonds. The Balaban J connectivity index is 2.60. The zero-order chi connectivity index (χ0) is 10.8. The van der Waals surface area contributed by atoms with Crippen molar-refractivity contribution < 1.29 is 10.2 Å². The Labute approximate surface area is 87.3 Å². The van der Waals surface area contributed by atoms with Crippen LogP contribution in [0, 0.1) is 10.8 Å². The standard InChI is InChI=1S/C12H24O2/c1-11(2,3)8-10(14)12(9-13)6-4-5-7-12/h10,13-14H,4-9H2,1-3H3/t10-/m0/s1. The summed E-state index contributed by atoms with van der Waals surface area (Å²) in [4.78, 5) is 0. The lowest BCUT2D eigenvalue weighted by molar-refractivity contribution is -0.0341. The molecule has 0 spiro atoms. The largest absolute Gasteiger partial charge is 0.396 e. The Morgan fingerprint density at radius 1 is 1.21 bits per heavy atom. The molecule has 2 heteroatoms. The fraction of sp³-hybridized carbons (Fsp3) is 1.00. The zero-order valence-electron chi connectivity index (χ0n) is 9.71. The first-order chi connectivity index (χ1) is 6.40. The van der Waals surface area contributed by atoms with Crippen molar-refractivity contribution in [2.75, 3.05) is 6.61 Å². The van der Waals surface area contributed by atoms with Crippen molar-refractivity contribution in [2.24, 2.45) is 10.8 Å². The van der Waals surface area contributed by atoms with E-state index in [0.29, 0.717) is 0 Å². The van der Waals surface area contributed by atoms with Gasteiger partial charge in [-0.15, -0.1) is 0 Å². The van der Waals surface area contributed by atoms with Crippen LogP contribution in [0.25, 0.3) is 0 Å². The Morgan fingerprint density at radius 2 is 1.71 bits per heavy atom. The van der Waals surface area contributed by atoms with Crippen molar-refractivity contribution in [3.8, 4) is 0 Å². The van der Waals surface area contributed by atoms with E-state index in [1.165, 1.54) is 0 Å². The topological polar surface area (TPSA) is 40.5 Å². The first kappa shape index (κ1) is 12.0. The average Bonchev–Trinajstić information content (AvgIpc) is 2.49. The van der Waals surface area contributed by atoms with E-state index in [9.17, 15) is 10.2 Å². The van der Waals surface area contributed by atoms with E-state index in [4.69, 9.17) is 0 Å². The predicted octanol–water partition coefficient (Wildman–Crippen LogP) is 2.34. The third kappa shape index (κ3) is 2.71. The Morgan fingerprint density at radius 3 is 2.07 bits per heavy atom. The zero-order valence-corrected chi connectivity index (χ0v) is 9.71. The van der Waals surface area contributed by atoms with Crippen molar-refractivity contribution in [2.45, 2.75) is 59.0 Å². The van der Waals surface area contributed by atoms with Gasteiger partial charge in [-0.2, -0.15) is 0 Å². The summed E-state index contributed by atoms with van der Waals surface area (Å²) in [5, 5.41) is 19.6. The van der Waals surface area contributed by atoms with Crippen LogP contribution in [0.1, 0.15) is 52.9 Å². The van der Waals surface area contributed by atoms with Crippen molar-refractivity contribution >= 4 is 0 Å². The molecule has 2 N–H and O–H groups in total. The molecule has 0 aromatic carbocycles. The lowest BCUT2D eigenvalue weighted by Gasteiger charge is -2.36. The molecule has 2 nitrogen and oxygen atoms in total. The molecule has 0 radical (unpaired) electrons. The van der Waals surface area contributed by atoms with Crippen molar-refractivity contribution in [3.63, 3.8) is 0 Å². The minimum atomic E-state index is -0.338. The molecule has 1 atom stereocenters. The normalized spacial score (nSPS) is 23.8. The van der Waals surface area contributed by atoms with Gasteiger partial charge in [0, 0.05) is 5.41 Å². The summed E-state index contributed by atoms with van der Waals surface area (Å²) in [6, 6.07) is 0. The highest BCUT2D eigenvalue weighted by Crippen LogP contribution is 2.43. The summed E-state index contributed by atoms with van der Waals surface area (Å²) >= 11 is 0. The van der Waals surface area contributed by atoms with Gasteiger partial charge in [-0.25, -0.2) is 0 Å². The maximum atomic E-state index is 10.2. The fourth-order valence-electron chi connectivity index (χ4n) is 2.47. The van der Waals surface area contributed by atoms with Gasteiger partial charge in [0.2, 0.25) is 0 Å². The molecular weight excluding hydrogens is 176 g/mol. The lowest BCUT2D eigenvalue weighted by Crippen LogP contribution is -2.38. The number of aliphatic hydroxyl groups excluding tert-OH is 2. The van der Waals surface area contributed by atoms with E-state index >= 15 is 0 Å². The summed E-state index contributed by atoms with van der Waals surface area (Å²) in [5.41, 5.74) is -0.0442. The first-order valence-corrected chi connectivity index (χ1v) is 5.69. The van der Waals surface area contributed by atoms with Crippen LogP contribution in [-0.2, 0) is 0 Å². The van der Waals surface area contributed by atoms with E-state index in [2.05, 4.69) is 20.8 Å². The van der Waals surface area contributed by atoms with Crippen molar-refractivity contribution in [1.29, 1.82) is 0 Å². The minimum absolute atomic E-state index is 0.143. The second kappa shape index (κ2) is 4.19. The van der Waals surface area contributed by atoms with Gasteiger partial charge >= 0.3 is 0 Å². The molecule has 0 saturated heterocycles. The van der Waals surface area contributed by atoms with Gasteiger partial charge in [-0.1, -0.05) is 33.6 Å². The van der Waals surface area contributed by atoms with Crippen molar-refractivity contribution in [1.82, 2.24) is 0 Å². The highest BCUT2D eigenvalue weighted by atomic mass is 16.3. The van der Waals surface area contributed by atoms with Gasteiger partial charge in [0.25, 0.3) is 0 Å². The van der Waals surface area contributed by atoms with Gasteiger partial charge in [-0.3, -0.25) is 0 Å². The highest BCUT2D eigenvalue weighted by Gasteiger charge is 2.41. The number of aliphatic hydroxyl groups is 2. The van der Waals surface area contributed by atoms with Crippen LogP contribution in [-0.4, -0.2) is 22.9 Å². The molecule has 1 aliphatic rings. The van der Waals surface area contributed by atoms with Crippen LogP contribution in [0.2, 0.25) is 0 Å². The number of rotatable bonds is 3. The molecule has 0 aromatic heterocycles. The van der Waals surface area contributed by atoms with Crippen molar-refractivity contribution in [3.05, 3.63) is 0 Å². The molecule has 1 aliphatic carbocycles. The smallest absolute Gasteiger partial charge is 0.0623 e. The van der Waals surface area contributed by atoms with Crippen LogP contribution < -0.4 is 0 Å². The third-order valence-corrected chi connectivity index (χ3v) is 3.43. The molecular formula is C12H24O2. The van der Waals surface area contributed by atoms with Crippen LogP contribution >= 0.6 is 0 Å². The van der Waals surface area contributed by atoms with Crippen LogP contribution in [0.4, 0.5) is 0 Å². The van der Waals surface area contributed by atoms with E-state index in [-0.39, 0.29) is 23.5 Å². The van der Waals surface area contributed by atoms with Crippen LogP contribution in [0.15, 0.2) is 0 Å². The number of hydrogen-bond acceptors (Lipinski definition) is 2. The van der Waals surface area contributed by atoms with Crippen LogP contribution in [0.3, 0.4) is 0 Å². The van der Waals surface area contributed by atoms with Crippen LogP contribution in [0.5, 0.6) is 0 Å². The molecule has 14 heavy (non-hydrogen) atoms. The van der Waals surface area contributed by atoms with Gasteiger partial charge < -0.3 is 10.2 Å². The van der Waals surface area contributed by atoms with Gasteiger partial charge in [0.05, 0.1) is 12.7 Å². The highest BCUT2D eigenvalue weighted by molar-refractivity contribution is 4.91. The monoisotopic (exact) mass is 200 g/mol. The SMILES string of the molecule is CC(C)(C)C[C@H](O)C1(CO)CCCC1. The summed E-state index contributed by atoms with van der Waals surface area (Å²) in [6.45, 7) is 6.55. The lowest BCUT2D eigenvalue weighted by atomic mass is 9.74. The van der Waals surface area contributed by atoms with Gasteiger partial charge in [-0.05, 0) is 24.7 Å². The van der Waals surface area contributed by atoms with E-state index in [1.807, 2.05) is 0 Å². The molecule has 0 aliphatic heterocycles. The summed E-state index contributed by atoms with van der Waals surface area (Å²) < 4.78 is 0. The molecule has 1 saturated carbocycles. The Kier molecular flexibility index (Phi) is 3.59. The minimum Gasteiger partial charge on any atom is -0.396 e. The molecule has 1 rings (SSSR count). The van der Waals surface area contributed by atoms with E-state index in [0.717, 1.165) is 32.1 Å². The van der Waals surface area contributed by atoms with E-state index in [1.54, 1.807) is 0 Å². The van der Waals surface area contributed by atoms with Gasteiger partial charge in [0.1, 0.15) is 0 Å². The summed E-state index contributed by atoms with van der Waals surface area (Å²) in [7, 11) is 0. The Bertz CT molecular complexity index is 175. The summed E-state index contributed by atoms with van der Waals surface area (Å²) in [5.74, 6) is 0. The molecule has 0 aromatic rings. The average molecular weight is 200 g/mol. The van der Waals surface area contributed by atoms with E-state index < -0.39 is 0 Å². The Hall–Kier alpha value is -0.0800. The van der Waals surface area contributed by atoms with Gasteiger partial charge in [0.15, 0.2) is 0 Å². The molecule has 1 fully saturated rings. The first-order valence-electron chi connectivity index (χ1n) is 5.69. The molecule has 0 bridgehead atoms. The molecule has 84 valence electrons. The third-order valence-electron chi connectivity index (χ3n) is 3.43. The molecule has 0 heterocycles. The molecule has 0 unspecified atom stereocenters. The maximum Gasteiger partial charge on any atom is 0.0623 e. The number of hydrogen-bond donors (Lipinski definition) is 2. The predicted molar refractivity (Wildman–Crippen MR) is 58.1 cm³/mol. The quantitative estimate of drug-likeness (QED) is 0.734. The maximum absolute atomic E-state index is 10.2.